The Labute approximate surface area is 168 Å². The van der Waals surface area contributed by atoms with Gasteiger partial charge in [-0.2, -0.15) is 0 Å². The number of carboxylic acids is 1. The third kappa shape index (κ3) is 9.09. The number of hydrogen-bond donors (Lipinski definition) is 3. The first kappa shape index (κ1) is 23.9. The fourth-order valence-corrected chi connectivity index (χ4v) is 3.85. The summed E-state index contributed by atoms with van der Waals surface area (Å²) in [5.74, 6) is -0.602. The molecule has 1 fully saturated rings. The quantitative estimate of drug-likeness (QED) is 0.268. The lowest BCUT2D eigenvalue weighted by atomic mass is 9.89. The summed E-state index contributed by atoms with van der Waals surface area (Å²) in [6.45, 7) is 6.11. The molecule has 0 bridgehead atoms. The Morgan fingerprint density at radius 3 is 2.63 bits per heavy atom. The van der Waals surface area contributed by atoms with Gasteiger partial charge in [0.1, 0.15) is 0 Å². The van der Waals surface area contributed by atoms with Crippen molar-refractivity contribution in [3.63, 3.8) is 0 Å². The van der Waals surface area contributed by atoms with E-state index in [4.69, 9.17) is 16.7 Å². The number of aliphatic hydroxyl groups excluding tert-OH is 2. The molecule has 0 spiro atoms. The van der Waals surface area contributed by atoms with Crippen molar-refractivity contribution in [1.29, 1.82) is 0 Å². The second kappa shape index (κ2) is 12.4. The first-order valence-electron chi connectivity index (χ1n) is 9.91. The maximum atomic E-state index is 10.5. The van der Waals surface area contributed by atoms with Gasteiger partial charge in [-0.1, -0.05) is 42.9 Å². The van der Waals surface area contributed by atoms with Crippen molar-refractivity contribution in [3.8, 4) is 0 Å². The Morgan fingerprint density at radius 2 is 2.00 bits per heavy atom. The van der Waals surface area contributed by atoms with Crippen molar-refractivity contribution >= 4 is 17.6 Å². The minimum atomic E-state index is -0.772. The fraction of sp³-hybridized carbons (Fsp3) is 0.682. The van der Waals surface area contributed by atoms with Crippen LogP contribution >= 0.6 is 11.6 Å². The summed E-state index contributed by atoms with van der Waals surface area (Å²) in [6, 6.07) is 0. The van der Waals surface area contributed by atoms with Crippen LogP contribution < -0.4 is 0 Å². The number of carboxylic acid groups (broad SMARTS) is 1. The van der Waals surface area contributed by atoms with Crippen LogP contribution in [0, 0.1) is 17.8 Å². The molecule has 0 heterocycles. The predicted octanol–water partition coefficient (Wildman–Crippen LogP) is 4.70. The SMILES string of the molecule is CC(C)=CCC(C)[C@H](O)/C=C/[C@@H]1[C@@H](C/C=C\CCCC(=O)O)[C@H](Cl)C[C@H]1O. The number of allylic oxidation sites excluding steroid dienone is 4. The van der Waals surface area contributed by atoms with Gasteiger partial charge in [0.05, 0.1) is 12.2 Å². The molecule has 27 heavy (non-hydrogen) atoms. The lowest BCUT2D eigenvalue weighted by molar-refractivity contribution is -0.137. The number of aliphatic hydroxyl groups is 2. The normalized spacial score (nSPS) is 27.9. The van der Waals surface area contributed by atoms with Crippen LogP contribution in [0.4, 0.5) is 0 Å². The van der Waals surface area contributed by atoms with Crippen LogP contribution in [-0.4, -0.2) is 38.9 Å². The molecule has 0 aliphatic heterocycles. The minimum Gasteiger partial charge on any atom is -0.481 e. The summed E-state index contributed by atoms with van der Waals surface area (Å²) in [7, 11) is 0. The van der Waals surface area contributed by atoms with Gasteiger partial charge in [0.2, 0.25) is 0 Å². The fourth-order valence-electron chi connectivity index (χ4n) is 3.40. The average molecular weight is 399 g/mol. The number of hydrogen-bond acceptors (Lipinski definition) is 3. The Balaban J connectivity index is 2.58. The van der Waals surface area contributed by atoms with Crippen LogP contribution in [0.25, 0.3) is 0 Å². The molecule has 5 heteroatoms. The van der Waals surface area contributed by atoms with Crippen LogP contribution in [0.2, 0.25) is 0 Å². The number of aliphatic carboxylic acids is 1. The summed E-state index contributed by atoms with van der Waals surface area (Å²) >= 11 is 6.44. The van der Waals surface area contributed by atoms with Gasteiger partial charge in [-0.15, -0.1) is 11.6 Å². The van der Waals surface area contributed by atoms with Gasteiger partial charge in [0.25, 0.3) is 0 Å². The van der Waals surface area contributed by atoms with Gasteiger partial charge < -0.3 is 15.3 Å². The number of rotatable bonds is 11. The summed E-state index contributed by atoms with van der Waals surface area (Å²) < 4.78 is 0. The molecule has 0 aromatic carbocycles. The van der Waals surface area contributed by atoms with Crippen molar-refractivity contribution in [1.82, 2.24) is 0 Å². The lowest BCUT2D eigenvalue weighted by Crippen LogP contribution is -2.20. The van der Waals surface area contributed by atoms with Crippen molar-refractivity contribution in [2.75, 3.05) is 0 Å². The van der Waals surface area contributed by atoms with Gasteiger partial charge in [0, 0.05) is 17.7 Å². The topological polar surface area (TPSA) is 77.8 Å². The van der Waals surface area contributed by atoms with Crippen LogP contribution in [0.1, 0.15) is 59.3 Å². The lowest BCUT2D eigenvalue weighted by Gasteiger charge is -2.20. The molecule has 154 valence electrons. The Morgan fingerprint density at radius 1 is 1.30 bits per heavy atom. The minimum absolute atomic E-state index is 0.0681. The van der Waals surface area contributed by atoms with Crippen LogP contribution in [0.3, 0.4) is 0 Å². The highest BCUT2D eigenvalue weighted by Crippen LogP contribution is 2.39. The predicted molar refractivity (Wildman–Crippen MR) is 111 cm³/mol. The highest BCUT2D eigenvalue weighted by Gasteiger charge is 2.39. The van der Waals surface area contributed by atoms with Gasteiger partial charge in [-0.05, 0) is 57.8 Å². The molecule has 1 aliphatic rings. The maximum Gasteiger partial charge on any atom is 0.303 e. The molecule has 0 saturated heterocycles. The van der Waals surface area contributed by atoms with E-state index in [0.717, 1.165) is 19.3 Å². The summed E-state index contributed by atoms with van der Waals surface area (Å²) in [5, 5.41) is 29.2. The van der Waals surface area contributed by atoms with Gasteiger partial charge >= 0.3 is 5.97 Å². The molecule has 1 rings (SSSR count). The summed E-state index contributed by atoms with van der Waals surface area (Å²) in [4.78, 5) is 10.5. The van der Waals surface area contributed by atoms with Crippen molar-refractivity contribution in [2.24, 2.45) is 17.8 Å². The third-order valence-corrected chi connectivity index (χ3v) is 5.72. The molecule has 1 saturated carbocycles. The molecule has 0 aromatic heterocycles. The smallest absolute Gasteiger partial charge is 0.303 e. The monoisotopic (exact) mass is 398 g/mol. The van der Waals surface area contributed by atoms with E-state index in [0.29, 0.717) is 12.8 Å². The van der Waals surface area contributed by atoms with E-state index in [1.165, 1.54) is 5.57 Å². The van der Waals surface area contributed by atoms with Gasteiger partial charge in [-0.3, -0.25) is 4.79 Å². The molecular formula is C22H35ClO4. The number of halogens is 1. The third-order valence-electron chi connectivity index (χ3n) is 5.22. The van der Waals surface area contributed by atoms with Crippen LogP contribution in [0.5, 0.6) is 0 Å². The van der Waals surface area contributed by atoms with E-state index >= 15 is 0 Å². The number of alkyl halides is 1. The van der Waals surface area contributed by atoms with E-state index in [1.54, 1.807) is 6.08 Å². The standard InChI is InChI=1S/C22H35ClO4/c1-15(2)10-11-16(3)20(24)13-12-18-17(19(23)14-21(18)25)8-6-4-5-7-9-22(26)27/h4,6,10,12-13,16-21,24-25H,5,7-9,11,14H2,1-3H3,(H,26,27)/b6-4-,13-12+/t16?,17-,18-,19-,20-,21-/m1/s1. The molecule has 1 aliphatic carbocycles. The number of unbranched alkanes of at least 4 members (excludes halogenated alkanes) is 1. The zero-order chi connectivity index (χ0) is 20.4. The van der Waals surface area contributed by atoms with E-state index in [9.17, 15) is 15.0 Å². The molecule has 6 atom stereocenters. The molecule has 3 N–H and O–H groups in total. The van der Waals surface area contributed by atoms with E-state index < -0.39 is 18.2 Å². The Hall–Kier alpha value is -1.10. The average Bonchev–Trinajstić information content (AvgIpc) is 2.86. The number of carbonyl (C=O) groups is 1. The van der Waals surface area contributed by atoms with E-state index in [1.807, 2.05) is 39.0 Å². The first-order valence-corrected chi connectivity index (χ1v) is 10.3. The van der Waals surface area contributed by atoms with Gasteiger partial charge in [0.15, 0.2) is 0 Å². The second-order valence-electron chi connectivity index (χ2n) is 7.92. The second-order valence-corrected chi connectivity index (χ2v) is 8.48. The Kier molecular flexibility index (Phi) is 11.0. The van der Waals surface area contributed by atoms with Crippen LogP contribution in [-0.2, 0) is 4.79 Å². The molecule has 1 unspecified atom stereocenters. The van der Waals surface area contributed by atoms with Crippen LogP contribution in [0.15, 0.2) is 36.0 Å². The molecule has 0 amide bonds. The Bertz CT molecular complexity index is 536. The molecule has 0 aromatic rings. The zero-order valence-corrected chi connectivity index (χ0v) is 17.5. The van der Waals surface area contributed by atoms with Gasteiger partial charge in [-0.25, -0.2) is 0 Å². The molecule has 0 radical (unpaired) electrons. The maximum absolute atomic E-state index is 10.5. The molecule has 4 nitrogen and oxygen atoms in total. The zero-order valence-electron chi connectivity index (χ0n) is 16.7. The van der Waals surface area contributed by atoms with Crippen molar-refractivity contribution in [3.05, 3.63) is 36.0 Å². The van der Waals surface area contributed by atoms with E-state index in [-0.39, 0.29) is 29.6 Å². The van der Waals surface area contributed by atoms with Crippen molar-refractivity contribution < 1.29 is 20.1 Å². The van der Waals surface area contributed by atoms with E-state index in [2.05, 4.69) is 6.08 Å². The summed E-state index contributed by atoms with van der Waals surface area (Å²) in [6.07, 6.45) is 12.5. The molecular weight excluding hydrogens is 364 g/mol. The highest BCUT2D eigenvalue weighted by atomic mass is 35.5. The summed E-state index contributed by atoms with van der Waals surface area (Å²) in [5.41, 5.74) is 1.24. The largest absolute Gasteiger partial charge is 0.481 e. The van der Waals surface area contributed by atoms with Crippen molar-refractivity contribution in [2.45, 2.75) is 76.9 Å². The first-order chi connectivity index (χ1) is 12.7. The highest BCUT2D eigenvalue weighted by molar-refractivity contribution is 6.21.